The third kappa shape index (κ3) is 5.79. The Bertz CT molecular complexity index is 860. The van der Waals surface area contributed by atoms with E-state index in [2.05, 4.69) is 95.1 Å². The minimum Gasteiger partial charge on any atom is -0.311 e. The molecule has 0 aromatic heterocycles. The molecule has 1 aliphatic rings. The molecule has 0 saturated heterocycles. The summed E-state index contributed by atoms with van der Waals surface area (Å²) < 4.78 is 0. The van der Waals surface area contributed by atoms with Gasteiger partial charge in [-0.3, -0.25) is 4.90 Å². The Morgan fingerprint density at radius 1 is 0.759 bits per heavy atom. The lowest BCUT2D eigenvalue weighted by molar-refractivity contribution is 0.161. The van der Waals surface area contributed by atoms with Crippen molar-refractivity contribution in [2.45, 2.75) is 44.8 Å². The second kappa shape index (κ2) is 10.4. The highest BCUT2D eigenvalue weighted by Gasteiger charge is 2.25. The Labute approximate surface area is 175 Å². The number of rotatable bonds is 9. The maximum atomic E-state index is 3.63. The Balaban J connectivity index is 1.32. The molecular formula is C27H32N2. The molecule has 0 bridgehead atoms. The van der Waals surface area contributed by atoms with Crippen LogP contribution in [-0.4, -0.2) is 24.0 Å². The number of aryl methyl sites for hydroxylation is 1. The van der Waals surface area contributed by atoms with Gasteiger partial charge in [-0.15, -0.1) is 0 Å². The van der Waals surface area contributed by atoms with Crippen LogP contribution >= 0.6 is 0 Å². The highest BCUT2D eigenvalue weighted by Crippen LogP contribution is 2.26. The van der Waals surface area contributed by atoms with Crippen LogP contribution in [0.2, 0.25) is 0 Å². The van der Waals surface area contributed by atoms with Crippen LogP contribution < -0.4 is 5.32 Å². The highest BCUT2D eigenvalue weighted by molar-refractivity contribution is 5.30. The molecule has 1 unspecified atom stereocenters. The molecule has 3 aromatic rings. The molecule has 0 saturated carbocycles. The SMILES string of the molecule is c1ccc(CCCC2Cc3ccccc3CN2CCNCc2ccccc2)cc1. The predicted octanol–water partition coefficient (Wildman–Crippen LogP) is 5.23. The molecular weight excluding hydrogens is 352 g/mol. The Morgan fingerprint density at radius 2 is 1.41 bits per heavy atom. The van der Waals surface area contributed by atoms with Crippen molar-refractivity contribution in [2.75, 3.05) is 13.1 Å². The molecule has 1 heterocycles. The van der Waals surface area contributed by atoms with Gasteiger partial charge in [0.25, 0.3) is 0 Å². The van der Waals surface area contributed by atoms with Gasteiger partial charge in [0.2, 0.25) is 0 Å². The molecule has 3 aromatic carbocycles. The van der Waals surface area contributed by atoms with Crippen molar-refractivity contribution < 1.29 is 0 Å². The van der Waals surface area contributed by atoms with Gasteiger partial charge in [-0.1, -0.05) is 84.9 Å². The maximum absolute atomic E-state index is 3.63. The molecule has 0 radical (unpaired) electrons. The largest absolute Gasteiger partial charge is 0.311 e. The minimum atomic E-state index is 0.645. The summed E-state index contributed by atoms with van der Waals surface area (Å²) in [6, 6.07) is 31.2. The molecule has 1 atom stereocenters. The van der Waals surface area contributed by atoms with E-state index in [-0.39, 0.29) is 0 Å². The number of hydrogen-bond acceptors (Lipinski definition) is 2. The van der Waals surface area contributed by atoms with Crippen LogP contribution in [0.4, 0.5) is 0 Å². The summed E-state index contributed by atoms with van der Waals surface area (Å²) in [5, 5.41) is 3.63. The molecule has 2 heteroatoms. The topological polar surface area (TPSA) is 15.3 Å². The first-order chi connectivity index (χ1) is 14.4. The van der Waals surface area contributed by atoms with Gasteiger partial charge < -0.3 is 5.32 Å². The van der Waals surface area contributed by atoms with Crippen LogP contribution in [-0.2, 0) is 25.9 Å². The molecule has 4 rings (SSSR count). The first-order valence-electron chi connectivity index (χ1n) is 11.0. The normalized spacial score (nSPS) is 16.5. The number of benzene rings is 3. The van der Waals surface area contributed by atoms with Crippen molar-refractivity contribution in [1.29, 1.82) is 0 Å². The van der Waals surface area contributed by atoms with Crippen molar-refractivity contribution in [3.05, 3.63) is 107 Å². The second-order valence-corrected chi connectivity index (χ2v) is 8.14. The zero-order valence-electron chi connectivity index (χ0n) is 17.3. The van der Waals surface area contributed by atoms with Gasteiger partial charge in [0.15, 0.2) is 0 Å². The van der Waals surface area contributed by atoms with E-state index in [1.807, 2.05) is 0 Å². The summed E-state index contributed by atoms with van der Waals surface area (Å²) in [5.74, 6) is 0. The van der Waals surface area contributed by atoms with E-state index in [4.69, 9.17) is 0 Å². The van der Waals surface area contributed by atoms with Gasteiger partial charge in [-0.05, 0) is 47.9 Å². The van der Waals surface area contributed by atoms with E-state index < -0.39 is 0 Å². The number of hydrogen-bond donors (Lipinski definition) is 1. The lowest BCUT2D eigenvalue weighted by atomic mass is 9.90. The minimum absolute atomic E-state index is 0.645. The molecule has 0 aliphatic carbocycles. The first kappa shape index (κ1) is 19.9. The maximum Gasteiger partial charge on any atom is 0.0240 e. The molecule has 0 amide bonds. The lowest BCUT2D eigenvalue weighted by Gasteiger charge is -2.37. The van der Waals surface area contributed by atoms with E-state index in [0.717, 1.165) is 26.2 Å². The van der Waals surface area contributed by atoms with Crippen LogP contribution in [0.1, 0.15) is 35.1 Å². The zero-order valence-corrected chi connectivity index (χ0v) is 17.3. The van der Waals surface area contributed by atoms with Crippen molar-refractivity contribution >= 4 is 0 Å². The number of nitrogens with one attached hydrogen (secondary N) is 1. The summed E-state index contributed by atoms with van der Waals surface area (Å²) in [4.78, 5) is 2.70. The lowest BCUT2D eigenvalue weighted by Crippen LogP contribution is -2.43. The molecule has 1 N–H and O–H groups in total. The van der Waals surface area contributed by atoms with Gasteiger partial charge >= 0.3 is 0 Å². The van der Waals surface area contributed by atoms with E-state index in [1.54, 1.807) is 5.56 Å². The van der Waals surface area contributed by atoms with Gasteiger partial charge in [-0.25, -0.2) is 0 Å². The molecule has 29 heavy (non-hydrogen) atoms. The van der Waals surface area contributed by atoms with Crippen molar-refractivity contribution in [2.24, 2.45) is 0 Å². The van der Waals surface area contributed by atoms with Crippen LogP contribution in [0.5, 0.6) is 0 Å². The molecule has 1 aliphatic heterocycles. The average molecular weight is 385 g/mol. The van der Waals surface area contributed by atoms with E-state index in [9.17, 15) is 0 Å². The van der Waals surface area contributed by atoms with Gasteiger partial charge in [0, 0.05) is 32.2 Å². The van der Waals surface area contributed by atoms with Crippen molar-refractivity contribution in [1.82, 2.24) is 10.2 Å². The summed E-state index contributed by atoms with van der Waals surface area (Å²) in [7, 11) is 0. The monoisotopic (exact) mass is 384 g/mol. The second-order valence-electron chi connectivity index (χ2n) is 8.14. The zero-order chi connectivity index (χ0) is 19.7. The first-order valence-corrected chi connectivity index (χ1v) is 11.0. The fraction of sp³-hybridized carbons (Fsp3) is 0.333. The Morgan fingerprint density at radius 3 is 2.17 bits per heavy atom. The summed E-state index contributed by atoms with van der Waals surface area (Å²) >= 11 is 0. The number of nitrogens with zero attached hydrogens (tertiary/aromatic N) is 1. The fourth-order valence-electron chi connectivity index (χ4n) is 4.43. The summed E-state index contributed by atoms with van der Waals surface area (Å²) in [6.07, 6.45) is 4.88. The smallest absolute Gasteiger partial charge is 0.0240 e. The Hall–Kier alpha value is -2.42. The average Bonchev–Trinajstić information content (AvgIpc) is 2.78. The van der Waals surface area contributed by atoms with Crippen LogP contribution in [0.15, 0.2) is 84.9 Å². The van der Waals surface area contributed by atoms with Crippen LogP contribution in [0.25, 0.3) is 0 Å². The summed E-state index contributed by atoms with van der Waals surface area (Å²) in [5.41, 5.74) is 5.87. The standard InChI is InChI=1S/C27H32N2/c1-3-10-23(11-4-1)14-9-17-27-20-25-15-7-8-16-26(25)22-29(27)19-18-28-21-24-12-5-2-6-13-24/h1-8,10-13,15-16,27-28H,9,14,17-22H2. The van der Waals surface area contributed by atoms with Gasteiger partial charge in [0.1, 0.15) is 0 Å². The third-order valence-corrected chi connectivity index (χ3v) is 6.06. The van der Waals surface area contributed by atoms with Gasteiger partial charge in [-0.2, -0.15) is 0 Å². The molecule has 150 valence electrons. The van der Waals surface area contributed by atoms with E-state index in [1.165, 1.54) is 42.4 Å². The molecule has 0 spiro atoms. The number of fused-ring (bicyclic) bond motifs is 1. The van der Waals surface area contributed by atoms with E-state index in [0.29, 0.717) is 6.04 Å². The summed E-state index contributed by atoms with van der Waals surface area (Å²) in [6.45, 7) is 4.17. The van der Waals surface area contributed by atoms with Crippen molar-refractivity contribution in [3.63, 3.8) is 0 Å². The quantitative estimate of drug-likeness (QED) is 0.509. The predicted molar refractivity (Wildman–Crippen MR) is 122 cm³/mol. The van der Waals surface area contributed by atoms with Gasteiger partial charge in [0.05, 0.1) is 0 Å². The van der Waals surface area contributed by atoms with Crippen molar-refractivity contribution in [3.8, 4) is 0 Å². The Kier molecular flexibility index (Phi) is 7.12. The molecule has 2 nitrogen and oxygen atoms in total. The third-order valence-electron chi connectivity index (χ3n) is 6.06. The molecule has 0 fully saturated rings. The highest BCUT2D eigenvalue weighted by atomic mass is 15.2. The fourth-order valence-corrected chi connectivity index (χ4v) is 4.43. The van der Waals surface area contributed by atoms with Crippen LogP contribution in [0.3, 0.4) is 0 Å². The van der Waals surface area contributed by atoms with E-state index >= 15 is 0 Å². The van der Waals surface area contributed by atoms with Crippen LogP contribution in [0, 0.1) is 0 Å².